The van der Waals surface area contributed by atoms with Gasteiger partial charge in [0.25, 0.3) is 0 Å². The van der Waals surface area contributed by atoms with Crippen molar-refractivity contribution in [3.05, 3.63) is 23.3 Å². The first kappa shape index (κ1) is 15.3. The van der Waals surface area contributed by atoms with Gasteiger partial charge in [0.15, 0.2) is 0 Å². The van der Waals surface area contributed by atoms with Crippen molar-refractivity contribution >= 4 is 11.6 Å². The molecule has 0 unspecified atom stereocenters. The highest BCUT2D eigenvalue weighted by Crippen LogP contribution is 2.36. The average Bonchev–Trinajstić information content (AvgIpc) is 2.53. The Morgan fingerprint density at radius 3 is 2.17 bits per heavy atom. The monoisotopic (exact) mass is 314 g/mol. The van der Waals surface area contributed by atoms with E-state index in [0.29, 0.717) is 24.9 Å². The van der Waals surface area contributed by atoms with Gasteiger partial charge in [-0.25, -0.2) is 0 Å². The van der Waals surface area contributed by atoms with Gasteiger partial charge in [0.2, 0.25) is 0 Å². The molecule has 0 radical (unpaired) electrons. The molecule has 23 heavy (non-hydrogen) atoms. The first-order valence-corrected chi connectivity index (χ1v) is 8.98. The summed E-state index contributed by atoms with van der Waals surface area (Å²) < 4.78 is 0. The summed E-state index contributed by atoms with van der Waals surface area (Å²) in [4.78, 5) is 27.3. The summed E-state index contributed by atoms with van der Waals surface area (Å²) in [5.74, 6) is 0.130. The summed E-state index contributed by atoms with van der Waals surface area (Å²) in [5, 5.41) is 3.70. The molecule has 4 nitrogen and oxygen atoms in total. The van der Waals surface area contributed by atoms with Gasteiger partial charge in [-0.3, -0.25) is 9.59 Å². The Kier molecular flexibility index (Phi) is 3.98. The molecule has 4 heteroatoms. The molecule has 4 atom stereocenters. The van der Waals surface area contributed by atoms with Crippen LogP contribution in [0, 0.1) is 11.8 Å². The number of piperazine rings is 1. The molecule has 3 aliphatic heterocycles. The Labute approximate surface area is 138 Å². The van der Waals surface area contributed by atoms with Crippen molar-refractivity contribution in [3.8, 4) is 0 Å². The number of carbonyl (C=O) groups is 2. The van der Waals surface area contributed by atoms with Crippen LogP contribution in [0.4, 0.5) is 0 Å². The molecule has 2 aliphatic carbocycles. The Hall–Kier alpha value is -1.26. The normalized spacial score (nSPS) is 38.5. The number of hydrogen-bond donors (Lipinski definition) is 1. The van der Waals surface area contributed by atoms with Crippen molar-refractivity contribution in [3.63, 3.8) is 0 Å². The number of ketones is 2. The third-order valence-electron chi connectivity index (χ3n) is 6.13. The molecule has 6 bridgehead atoms. The van der Waals surface area contributed by atoms with Crippen molar-refractivity contribution in [1.29, 1.82) is 0 Å². The maximum Gasteiger partial charge on any atom is 0.141 e. The number of Topliss-reactive ketones (excluding diaryl/α,β-unsaturated/α-hetero) is 2. The summed E-state index contributed by atoms with van der Waals surface area (Å²) in [5.41, 5.74) is 2.74. The Morgan fingerprint density at radius 2 is 1.57 bits per heavy atom. The van der Waals surface area contributed by atoms with Gasteiger partial charge >= 0.3 is 0 Å². The van der Waals surface area contributed by atoms with Crippen molar-refractivity contribution in [2.45, 2.75) is 50.6 Å². The van der Waals surface area contributed by atoms with Gasteiger partial charge in [0, 0.05) is 49.9 Å². The van der Waals surface area contributed by atoms with E-state index in [9.17, 15) is 9.59 Å². The zero-order chi connectivity index (χ0) is 16.0. The second kappa shape index (κ2) is 5.99. The predicted molar refractivity (Wildman–Crippen MR) is 89.1 cm³/mol. The minimum absolute atomic E-state index is 0.197. The van der Waals surface area contributed by atoms with E-state index >= 15 is 0 Å². The molecule has 1 saturated heterocycles. The lowest BCUT2D eigenvalue weighted by Crippen LogP contribution is -2.55. The standard InChI is InChI=1S/C19H26N2O2/c1-21-11-14-6-12-2-4-18(22)16(8-12)17-9-13(3-5-19(17)23)7-15(21)10-20-14/h8-9,14-17,20H,2-7,10-11H2,1H3/t14-,15-,16+,17-/m0/s1. The lowest BCUT2D eigenvalue weighted by Gasteiger charge is -2.41. The minimum Gasteiger partial charge on any atom is -0.311 e. The summed E-state index contributed by atoms with van der Waals surface area (Å²) in [6.45, 7) is 2.09. The second-order valence-electron chi connectivity index (χ2n) is 7.74. The zero-order valence-electron chi connectivity index (χ0n) is 13.9. The largest absolute Gasteiger partial charge is 0.311 e. The fourth-order valence-electron chi connectivity index (χ4n) is 4.71. The number of rotatable bonds is 0. The molecule has 0 aromatic carbocycles. The average molecular weight is 314 g/mol. The molecule has 0 spiro atoms. The molecular formula is C19H26N2O2. The number of hydrogen-bond acceptors (Lipinski definition) is 4. The van der Waals surface area contributed by atoms with Crippen LogP contribution in [0.25, 0.3) is 0 Å². The molecular weight excluding hydrogens is 288 g/mol. The van der Waals surface area contributed by atoms with Gasteiger partial charge in [-0.05, 0) is 32.7 Å². The molecule has 5 aliphatic rings. The number of likely N-dealkylation sites (N-methyl/N-ethyl adjacent to an activating group) is 1. The third-order valence-corrected chi connectivity index (χ3v) is 6.13. The first-order chi connectivity index (χ1) is 11.1. The molecule has 124 valence electrons. The highest BCUT2D eigenvalue weighted by molar-refractivity contribution is 5.93. The van der Waals surface area contributed by atoms with E-state index in [-0.39, 0.29) is 23.4 Å². The molecule has 0 amide bonds. The quantitative estimate of drug-likeness (QED) is 0.694. The third kappa shape index (κ3) is 2.94. The number of allylic oxidation sites excluding steroid dienone is 2. The Balaban J connectivity index is 1.73. The van der Waals surface area contributed by atoms with Gasteiger partial charge in [-0.2, -0.15) is 0 Å². The number of carbonyl (C=O) groups excluding carboxylic acids is 2. The molecule has 0 aromatic heterocycles. The van der Waals surface area contributed by atoms with Crippen LogP contribution in [0.2, 0.25) is 0 Å². The lowest BCUT2D eigenvalue weighted by molar-refractivity contribution is -0.130. The van der Waals surface area contributed by atoms with Crippen LogP contribution in [0.5, 0.6) is 0 Å². The maximum absolute atomic E-state index is 12.4. The summed E-state index contributed by atoms with van der Waals surface area (Å²) in [6, 6.07) is 0.982. The summed E-state index contributed by atoms with van der Waals surface area (Å²) in [6.07, 6.45) is 9.29. The van der Waals surface area contributed by atoms with Crippen molar-refractivity contribution in [2.75, 3.05) is 20.1 Å². The van der Waals surface area contributed by atoms with Crippen molar-refractivity contribution in [2.24, 2.45) is 11.8 Å². The topological polar surface area (TPSA) is 49.4 Å². The van der Waals surface area contributed by atoms with Gasteiger partial charge in [0.05, 0.1) is 0 Å². The second-order valence-corrected chi connectivity index (χ2v) is 7.74. The lowest BCUT2D eigenvalue weighted by atomic mass is 9.73. The van der Waals surface area contributed by atoms with E-state index in [1.807, 2.05) is 0 Å². The van der Waals surface area contributed by atoms with Crippen molar-refractivity contribution < 1.29 is 9.59 Å². The van der Waals surface area contributed by atoms with Crippen molar-refractivity contribution in [1.82, 2.24) is 10.2 Å². The predicted octanol–water partition coefficient (Wildman–Crippen LogP) is 1.86. The first-order valence-electron chi connectivity index (χ1n) is 8.98. The van der Waals surface area contributed by atoms with E-state index in [1.54, 1.807) is 0 Å². The van der Waals surface area contributed by atoms with Crippen LogP contribution >= 0.6 is 0 Å². The maximum atomic E-state index is 12.4. The molecule has 5 rings (SSSR count). The highest BCUT2D eigenvalue weighted by Gasteiger charge is 2.37. The van der Waals surface area contributed by atoms with Gasteiger partial charge in [-0.1, -0.05) is 23.3 Å². The smallest absolute Gasteiger partial charge is 0.141 e. The Morgan fingerprint density at radius 1 is 0.957 bits per heavy atom. The molecule has 1 fully saturated rings. The number of nitrogens with one attached hydrogen (secondary N) is 1. The van der Waals surface area contributed by atoms with E-state index in [1.165, 1.54) is 11.1 Å². The fourth-order valence-corrected chi connectivity index (χ4v) is 4.71. The SMILES string of the molecule is CN1C[C@@H]2CC3=C[C@@H](C(=O)CC3)[C@@H]3C=C(CCC3=O)C[C@H]1CN2. The molecule has 0 saturated carbocycles. The molecule has 0 aromatic rings. The van der Waals surface area contributed by atoms with Crippen LogP contribution in [-0.2, 0) is 9.59 Å². The van der Waals surface area contributed by atoms with Crippen LogP contribution in [0.1, 0.15) is 38.5 Å². The highest BCUT2D eigenvalue weighted by atomic mass is 16.1. The van der Waals surface area contributed by atoms with E-state index in [2.05, 4.69) is 29.4 Å². The zero-order valence-corrected chi connectivity index (χ0v) is 13.9. The number of fused-ring (bicyclic) bond motifs is 2. The van der Waals surface area contributed by atoms with E-state index < -0.39 is 0 Å². The van der Waals surface area contributed by atoms with Crippen LogP contribution in [0.15, 0.2) is 23.3 Å². The van der Waals surface area contributed by atoms with E-state index in [0.717, 1.165) is 38.8 Å². The van der Waals surface area contributed by atoms with Crippen LogP contribution in [0.3, 0.4) is 0 Å². The molecule has 1 N–H and O–H groups in total. The summed E-state index contributed by atoms with van der Waals surface area (Å²) >= 11 is 0. The van der Waals surface area contributed by atoms with Crippen LogP contribution < -0.4 is 5.32 Å². The Bertz CT molecular complexity index is 592. The van der Waals surface area contributed by atoms with Gasteiger partial charge in [0.1, 0.15) is 11.6 Å². The van der Waals surface area contributed by atoms with Crippen LogP contribution in [-0.4, -0.2) is 48.7 Å². The minimum atomic E-state index is -0.197. The van der Waals surface area contributed by atoms with E-state index in [4.69, 9.17) is 0 Å². The fraction of sp³-hybridized carbons (Fsp3) is 0.684. The van der Waals surface area contributed by atoms with Gasteiger partial charge < -0.3 is 10.2 Å². The summed E-state index contributed by atoms with van der Waals surface area (Å²) in [7, 11) is 2.22. The number of nitrogens with zero attached hydrogens (tertiary/aromatic N) is 1. The van der Waals surface area contributed by atoms with Gasteiger partial charge in [-0.15, -0.1) is 0 Å². The molecule has 3 heterocycles.